The average molecular weight is 282 g/mol. The molecular weight excluding hydrogens is 248 g/mol. The van der Waals surface area contributed by atoms with Gasteiger partial charge in [0.05, 0.1) is 6.61 Å². The van der Waals surface area contributed by atoms with Crippen molar-refractivity contribution < 1.29 is 5.11 Å². The first-order valence-corrected chi connectivity index (χ1v) is 8.88. The van der Waals surface area contributed by atoms with E-state index >= 15 is 0 Å². The minimum absolute atomic E-state index is 0.307. The van der Waals surface area contributed by atoms with Crippen molar-refractivity contribution in [3.05, 3.63) is 0 Å². The fraction of sp³-hybridized carbons (Fsp3) is 1.00. The molecule has 1 atom stereocenters. The van der Waals surface area contributed by atoms with E-state index in [4.69, 9.17) is 0 Å². The summed E-state index contributed by atoms with van der Waals surface area (Å²) in [7, 11) is 0. The van der Waals surface area contributed by atoms with Crippen LogP contribution in [0.2, 0.25) is 0 Å². The maximum atomic E-state index is 9.48. The molecule has 0 bridgehead atoms. The lowest BCUT2D eigenvalue weighted by Gasteiger charge is -2.55. The monoisotopic (exact) mass is 282 g/mol. The second-order valence-corrected chi connectivity index (χ2v) is 6.72. The SMILES string of the molecule is CCCC1(CCC)C(N2CCCC2)CCCN1CCO. The Morgan fingerprint density at radius 1 is 1.00 bits per heavy atom. The van der Waals surface area contributed by atoms with Gasteiger partial charge in [0.25, 0.3) is 0 Å². The number of aliphatic hydroxyl groups is 1. The van der Waals surface area contributed by atoms with Crippen LogP contribution in [0, 0.1) is 0 Å². The Kier molecular flexibility index (Phi) is 6.31. The van der Waals surface area contributed by atoms with Gasteiger partial charge < -0.3 is 5.11 Å². The van der Waals surface area contributed by atoms with Crippen molar-refractivity contribution in [2.75, 3.05) is 32.8 Å². The van der Waals surface area contributed by atoms with Gasteiger partial charge in [-0.3, -0.25) is 9.80 Å². The zero-order chi connectivity index (χ0) is 14.4. The first-order valence-electron chi connectivity index (χ1n) is 8.88. The van der Waals surface area contributed by atoms with Gasteiger partial charge in [0.15, 0.2) is 0 Å². The third-order valence-corrected chi connectivity index (χ3v) is 5.47. The van der Waals surface area contributed by atoms with Gasteiger partial charge in [-0.15, -0.1) is 0 Å². The van der Waals surface area contributed by atoms with Crippen LogP contribution in [0.3, 0.4) is 0 Å². The number of hydrogen-bond donors (Lipinski definition) is 1. The van der Waals surface area contributed by atoms with Crippen LogP contribution < -0.4 is 0 Å². The molecule has 2 aliphatic rings. The van der Waals surface area contributed by atoms with Crippen LogP contribution in [0.25, 0.3) is 0 Å². The zero-order valence-electron chi connectivity index (χ0n) is 13.6. The molecule has 1 N–H and O–H groups in total. The third kappa shape index (κ3) is 3.20. The van der Waals surface area contributed by atoms with E-state index in [-0.39, 0.29) is 0 Å². The predicted molar refractivity (Wildman–Crippen MR) is 85.0 cm³/mol. The van der Waals surface area contributed by atoms with Gasteiger partial charge in [0.2, 0.25) is 0 Å². The van der Waals surface area contributed by atoms with E-state index in [9.17, 15) is 5.11 Å². The van der Waals surface area contributed by atoms with E-state index in [1.54, 1.807) is 0 Å². The molecule has 0 aromatic carbocycles. The minimum Gasteiger partial charge on any atom is -0.395 e. The topological polar surface area (TPSA) is 26.7 Å². The molecule has 0 saturated carbocycles. The number of likely N-dealkylation sites (tertiary alicyclic amines) is 2. The van der Waals surface area contributed by atoms with Crippen molar-refractivity contribution in [1.29, 1.82) is 0 Å². The average Bonchev–Trinajstić information content (AvgIpc) is 2.96. The van der Waals surface area contributed by atoms with Crippen LogP contribution in [0.5, 0.6) is 0 Å². The Bertz CT molecular complexity index is 268. The highest BCUT2D eigenvalue weighted by Crippen LogP contribution is 2.40. The van der Waals surface area contributed by atoms with Crippen molar-refractivity contribution in [3.8, 4) is 0 Å². The van der Waals surface area contributed by atoms with Gasteiger partial charge >= 0.3 is 0 Å². The molecule has 0 aliphatic carbocycles. The Labute approximate surface area is 125 Å². The Hall–Kier alpha value is -0.120. The highest BCUT2D eigenvalue weighted by atomic mass is 16.3. The van der Waals surface area contributed by atoms with Gasteiger partial charge in [-0.25, -0.2) is 0 Å². The molecule has 0 amide bonds. The molecule has 1 unspecified atom stereocenters. The second-order valence-electron chi connectivity index (χ2n) is 6.72. The molecule has 2 aliphatic heterocycles. The van der Waals surface area contributed by atoms with Crippen molar-refractivity contribution in [1.82, 2.24) is 9.80 Å². The first kappa shape index (κ1) is 16.3. The summed E-state index contributed by atoms with van der Waals surface area (Å²) in [5, 5.41) is 9.48. The Morgan fingerprint density at radius 3 is 2.20 bits per heavy atom. The summed E-state index contributed by atoms with van der Waals surface area (Å²) >= 11 is 0. The summed E-state index contributed by atoms with van der Waals surface area (Å²) in [6, 6.07) is 0.727. The smallest absolute Gasteiger partial charge is 0.0558 e. The molecule has 0 radical (unpaired) electrons. The Balaban J connectivity index is 2.24. The van der Waals surface area contributed by atoms with Crippen molar-refractivity contribution in [2.24, 2.45) is 0 Å². The van der Waals surface area contributed by atoms with Crippen LogP contribution in [0.4, 0.5) is 0 Å². The van der Waals surface area contributed by atoms with Gasteiger partial charge in [-0.1, -0.05) is 26.7 Å². The first-order chi connectivity index (χ1) is 9.78. The van der Waals surface area contributed by atoms with Gasteiger partial charge in [0, 0.05) is 18.1 Å². The fourth-order valence-corrected chi connectivity index (χ4v) is 4.85. The minimum atomic E-state index is 0.307. The summed E-state index contributed by atoms with van der Waals surface area (Å²) in [4.78, 5) is 5.42. The number of aliphatic hydroxyl groups excluding tert-OH is 1. The molecule has 0 aromatic rings. The van der Waals surface area contributed by atoms with Crippen LogP contribution in [0.1, 0.15) is 65.2 Å². The van der Waals surface area contributed by atoms with Crippen molar-refractivity contribution in [3.63, 3.8) is 0 Å². The quantitative estimate of drug-likeness (QED) is 0.778. The van der Waals surface area contributed by atoms with Crippen LogP contribution >= 0.6 is 0 Å². The summed E-state index contributed by atoms with van der Waals surface area (Å²) < 4.78 is 0. The second kappa shape index (κ2) is 7.77. The van der Waals surface area contributed by atoms with E-state index in [0.29, 0.717) is 12.1 Å². The van der Waals surface area contributed by atoms with Gasteiger partial charge in [0.1, 0.15) is 0 Å². The van der Waals surface area contributed by atoms with Gasteiger partial charge in [-0.05, 0) is 58.2 Å². The molecule has 20 heavy (non-hydrogen) atoms. The summed E-state index contributed by atoms with van der Waals surface area (Å²) in [5.41, 5.74) is 0.328. The molecule has 2 fully saturated rings. The van der Waals surface area contributed by atoms with Crippen LogP contribution in [-0.4, -0.2) is 59.3 Å². The summed E-state index contributed by atoms with van der Waals surface area (Å²) in [5.74, 6) is 0. The number of β-amino-alcohol motifs (C(OH)–C–C–N with tert-alkyl or cyclic N) is 1. The molecule has 2 rings (SSSR count). The molecule has 118 valence electrons. The van der Waals surface area contributed by atoms with Crippen molar-refractivity contribution >= 4 is 0 Å². The maximum Gasteiger partial charge on any atom is 0.0558 e. The third-order valence-electron chi connectivity index (χ3n) is 5.47. The molecule has 3 heteroatoms. The number of rotatable bonds is 7. The van der Waals surface area contributed by atoms with E-state index in [1.807, 2.05) is 0 Å². The van der Waals surface area contributed by atoms with Gasteiger partial charge in [-0.2, -0.15) is 0 Å². The number of hydrogen-bond acceptors (Lipinski definition) is 3. The highest BCUT2D eigenvalue weighted by molar-refractivity contribution is 5.04. The number of piperidine rings is 1. The van der Waals surface area contributed by atoms with Crippen LogP contribution in [-0.2, 0) is 0 Å². The standard InChI is InChI=1S/C17H34N2O/c1-3-9-17(10-4-2)16(18-11-5-6-12-18)8-7-13-19(17)14-15-20/h16,20H,3-15H2,1-2H3. The maximum absolute atomic E-state index is 9.48. The molecule has 3 nitrogen and oxygen atoms in total. The van der Waals surface area contributed by atoms with Crippen LogP contribution in [0.15, 0.2) is 0 Å². The lowest BCUT2D eigenvalue weighted by Crippen LogP contribution is -2.65. The highest BCUT2D eigenvalue weighted by Gasteiger charge is 2.47. The number of nitrogens with zero attached hydrogens (tertiary/aromatic N) is 2. The summed E-state index contributed by atoms with van der Waals surface area (Å²) in [6.45, 7) is 9.60. The van der Waals surface area contributed by atoms with Crippen molar-refractivity contribution in [2.45, 2.75) is 76.8 Å². The van der Waals surface area contributed by atoms with E-state index in [2.05, 4.69) is 23.6 Å². The normalized spacial score (nSPS) is 28.1. The molecular formula is C17H34N2O. The summed E-state index contributed by atoms with van der Waals surface area (Å²) in [6.07, 6.45) is 10.5. The lowest BCUT2D eigenvalue weighted by molar-refractivity contribution is -0.0497. The predicted octanol–water partition coefficient (Wildman–Crippen LogP) is 2.88. The van der Waals surface area contributed by atoms with E-state index < -0.39 is 0 Å². The molecule has 2 saturated heterocycles. The Morgan fingerprint density at radius 2 is 1.65 bits per heavy atom. The zero-order valence-corrected chi connectivity index (χ0v) is 13.6. The molecule has 0 spiro atoms. The molecule has 2 heterocycles. The van der Waals surface area contributed by atoms with E-state index in [0.717, 1.165) is 12.6 Å². The largest absolute Gasteiger partial charge is 0.395 e. The molecule has 0 aromatic heterocycles. The van der Waals surface area contributed by atoms with E-state index in [1.165, 1.54) is 71.0 Å². The lowest BCUT2D eigenvalue weighted by atomic mass is 9.74. The fourth-order valence-electron chi connectivity index (χ4n) is 4.85.